The van der Waals surface area contributed by atoms with Crippen molar-refractivity contribution < 1.29 is 19.5 Å². The molecule has 148 valence electrons. The van der Waals surface area contributed by atoms with E-state index in [-0.39, 0.29) is 17.7 Å². The predicted octanol–water partition coefficient (Wildman–Crippen LogP) is 3.07. The van der Waals surface area contributed by atoms with E-state index in [9.17, 15) is 19.5 Å². The highest BCUT2D eigenvalue weighted by Gasteiger charge is 2.51. The topological polar surface area (TPSA) is 109 Å². The van der Waals surface area contributed by atoms with Crippen LogP contribution in [0.4, 0.5) is 5.00 Å². The maximum Gasteiger partial charge on any atom is 0.307 e. The van der Waals surface area contributed by atoms with Crippen molar-refractivity contribution in [3.8, 4) is 10.4 Å². The van der Waals surface area contributed by atoms with Gasteiger partial charge in [-0.3, -0.25) is 14.4 Å². The average molecular weight is 408 g/mol. The SMILES string of the molecule is NC(=O)c1c(NC(=O)[C@@H]2[C@H](C(=O)O)[C@H]3C=C[C@H]2C3)sc2c1CCc1ccccc1-2. The van der Waals surface area contributed by atoms with Gasteiger partial charge in [0, 0.05) is 4.88 Å². The molecule has 5 rings (SSSR count). The first-order valence-electron chi connectivity index (χ1n) is 9.71. The standard InChI is InChI=1S/C22H20N2O4S/c23-19(25)17-14-8-7-10-3-1-2-4-13(10)18(14)29-21(17)24-20(26)15-11-5-6-12(9-11)16(15)22(27)28/h1-6,11-12,15-16H,7-9H2,(H2,23,25)(H,24,26)(H,27,28)/t11-,12-,15-,16+/m0/s1. The number of carbonyl (C=O) groups excluding carboxylic acids is 2. The van der Waals surface area contributed by atoms with Crippen LogP contribution in [0.5, 0.6) is 0 Å². The molecule has 7 heteroatoms. The van der Waals surface area contributed by atoms with Gasteiger partial charge in [0.15, 0.2) is 0 Å². The normalized spacial score (nSPS) is 26.1. The summed E-state index contributed by atoms with van der Waals surface area (Å²) in [5, 5.41) is 12.9. The molecule has 3 aliphatic rings. The minimum atomic E-state index is -0.948. The van der Waals surface area contributed by atoms with Gasteiger partial charge in [-0.25, -0.2) is 0 Å². The lowest BCUT2D eigenvalue weighted by atomic mass is 9.82. The van der Waals surface area contributed by atoms with E-state index in [1.54, 1.807) is 0 Å². The molecule has 29 heavy (non-hydrogen) atoms. The molecule has 2 bridgehead atoms. The van der Waals surface area contributed by atoms with E-state index in [4.69, 9.17) is 5.73 Å². The van der Waals surface area contributed by atoms with Gasteiger partial charge in [0.2, 0.25) is 5.91 Å². The summed E-state index contributed by atoms with van der Waals surface area (Å²) in [6.07, 6.45) is 6.03. The van der Waals surface area contributed by atoms with Crippen LogP contribution in [-0.2, 0) is 22.4 Å². The fraction of sp³-hybridized carbons (Fsp3) is 0.318. The number of nitrogens with one attached hydrogen (secondary N) is 1. The summed E-state index contributed by atoms with van der Waals surface area (Å²) >= 11 is 1.35. The van der Waals surface area contributed by atoms with Crippen LogP contribution in [0, 0.1) is 23.7 Å². The van der Waals surface area contributed by atoms with E-state index in [1.807, 2.05) is 30.4 Å². The molecule has 0 unspecified atom stereocenters. The molecule has 4 atom stereocenters. The summed E-state index contributed by atoms with van der Waals surface area (Å²) in [6.45, 7) is 0. The van der Waals surface area contributed by atoms with Crippen LogP contribution in [0.25, 0.3) is 10.4 Å². The average Bonchev–Trinajstić information content (AvgIpc) is 3.39. The molecule has 0 saturated heterocycles. The largest absolute Gasteiger partial charge is 0.481 e. The van der Waals surface area contributed by atoms with E-state index in [0.29, 0.717) is 23.4 Å². The van der Waals surface area contributed by atoms with Crippen LogP contribution in [0.3, 0.4) is 0 Å². The van der Waals surface area contributed by atoms with Crippen molar-refractivity contribution in [1.29, 1.82) is 0 Å². The Hall–Kier alpha value is -2.93. The van der Waals surface area contributed by atoms with Gasteiger partial charge in [0.25, 0.3) is 5.91 Å². The van der Waals surface area contributed by atoms with Crippen LogP contribution in [0.2, 0.25) is 0 Å². The van der Waals surface area contributed by atoms with Crippen LogP contribution in [-0.4, -0.2) is 22.9 Å². The van der Waals surface area contributed by atoms with Gasteiger partial charge >= 0.3 is 5.97 Å². The number of carboxylic acids is 1. The first-order chi connectivity index (χ1) is 14.0. The maximum absolute atomic E-state index is 13.1. The number of thiophene rings is 1. The number of hydrogen-bond acceptors (Lipinski definition) is 4. The van der Waals surface area contributed by atoms with Gasteiger partial charge in [-0.15, -0.1) is 11.3 Å². The van der Waals surface area contributed by atoms with Crippen molar-refractivity contribution >= 4 is 34.1 Å². The number of rotatable bonds is 4. The Morgan fingerprint density at radius 3 is 2.52 bits per heavy atom. The number of fused-ring (bicyclic) bond motifs is 5. The molecule has 1 heterocycles. The summed E-state index contributed by atoms with van der Waals surface area (Å²) in [5.74, 6) is -3.40. The second-order valence-corrected chi connectivity index (χ2v) is 8.98. The minimum Gasteiger partial charge on any atom is -0.481 e. The summed E-state index contributed by atoms with van der Waals surface area (Å²) < 4.78 is 0. The summed E-state index contributed by atoms with van der Waals surface area (Å²) in [7, 11) is 0. The molecular weight excluding hydrogens is 388 g/mol. The number of primary amides is 1. The van der Waals surface area contributed by atoms with E-state index in [0.717, 1.165) is 22.4 Å². The minimum absolute atomic E-state index is 0.0755. The zero-order valence-electron chi connectivity index (χ0n) is 15.6. The van der Waals surface area contributed by atoms with E-state index >= 15 is 0 Å². The Kier molecular flexibility index (Phi) is 4.10. The van der Waals surface area contributed by atoms with Crippen molar-refractivity contribution in [1.82, 2.24) is 0 Å². The zero-order valence-corrected chi connectivity index (χ0v) is 16.4. The van der Waals surface area contributed by atoms with E-state index in [2.05, 4.69) is 11.4 Å². The fourth-order valence-corrected chi connectivity index (χ4v) is 6.52. The van der Waals surface area contributed by atoms with Gasteiger partial charge < -0.3 is 16.2 Å². The van der Waals surface area contributed by atoms with Crippen molar-refractivity contribution in [3.63, 3.8) is 0 Å². The molecule has 0 radical (unpaired) electrons. The first kappa shape index (κ1) is 18.1. The van der Waals surface area contributed by atoms with Gasteiger partial charge in [0.1, 0.15) is 5.00 Å². The number of anilines is 1. The molecule has 3 aliphatic carbocycles. The van der Waals surface area contributed by atoms with E-state index in [1.165, 1.54) is 16.9 Å². The number of nitrogens with two attached hydrogens (primary N) is 1. The van der Waals surface area contributed by atoms with Gasteiger partial charge in [0.05, 0.1) is 17.4 Å². The van der Waals surface area contributed by atoms with Crippen LogP contribution < -0.4 is 11.1 Å². The van der Waals surface area contributed by atoms with Crippen molar-refractivity contribution in [2.75, 3.05) is 5.32 Å². The van der Waals surface area contributed by atoms with Gasteiger partial charge in [-0.1, -0.05) is 36.4 Å². The monoisotopic (exact) mass is 408 g/mol. The molecular formula is C22H20N2O4S. The smallest absolute Gasteiger partial charge is 0.307 e. The third-order valence-corrected chi connectivity index (χ3v) is 7.62. The van der Waals surface area contributed by atoms with Gasteiger partial charge in [-0.2, -0.15) is 0 Å². The van der Waals surface area contributed by atoms with Crippen molar-refractivity contribution in [3.05, 3.63) is 53.1 Å². The number of benzene rings is 1. The van der Waals surface area contributed by atoms with Crippen LogP contribution in [0.1, 0.15) is 27.9 Å². The maximum atomic E-state index is 13.1. The Labute approximate surface area is 171 Å². The quantitative estimate of drug-likeness (QED) is 0.675. The molecule has 2 aromatic rings. The lowest BCUT2D eigenvalue weighted by molar-refractivity contribution is -0.146. The lowest BCUT2D eigenvalue weighted by Crippen LogP contribution is -2.36. The summed E-state index contributed by atoms with van der Waals surface area (Å²) in [5.41, 5.74) is 9.18. The number of aliphatic carboxylic acids is 1. The van der Waals surface area contributed by atoms with Crippen molar-refractivity contribution in [2.45, 2.75) is 19.3 Å². The highest BCUT2D eigenvalue weighted by Crippen LogP contribution is 2.50. The Morgan fingerprint density at radius 1 is 1.07 bits per heavy atom. The number of carboxylic acid groups (broad SMARTS) is 1. The molecule has 1 aromatic heterocycles. The number of amides is 2. The number of hydrogen-bond donors (Lipinski definition) is 3. The molecule has 1 fully saturated rings. The van der Waals surface area contributed by atoms with Crippen LogP contribution >= 0.6 is 11.3 Å². The highest BCUT2D eigenvalue weighted by molar-refractivity contribution is 7.20. The predicted molar refractivity (Wildman–Crippen MR) is 110 cm³/mol. The molecule has 2 amide bonds. The second kappa shape index (κ2) is 6.56. The Balaban J connectivity index is 1.52. The summed E-state index contributed by atoms with van der Waals surface area (Å²) in [6, 6.07) is 8.03. The number of carbonyl (C=O) groups is 3. The van der Waals surface area contributed by atoms with Crippen LogP contribution in [0.15, 0.2) is 36.4 Å². The molecule has 1 saturated carbocycles. The Bertz CT molecular complexity index is 1090. The second-order valence-electron chi connectivity index (χ2n) is 7.96. The van der Waals surface area contributed by atoms with E-state index < -0.39 is 23.7 Å². The highest BCUT2D eigenvalue weighted by atomic mass is 32.1. The number of allylic oxidation sites excluding steroid dienone is 2. The molecule has 0 spiro atoms. The fourth-order valence-electron chi connectivity index (χ4n) is 5.20. The van der Waals surface area contributed by atoms with Crippen molar-refractivity contribution in [2.24, 2.45) is 29.4 Å². The first-order valence-corrected chi connectivity index (χ1v) is 10.5. The third kappa shape index (κ3) is 2.72. The summed E-state index contributed by atoms with van der Waals surface area (Å²) in [4.78, 5) is 38.0. The lowest BCUT2D eigenvalue weighted by Gasteiger charge is -2.23. The number of aryl methyl sites for hydroxylation is 1. The van der Waals surface area contributed by atoms with Gasteiger partial charge in [-0.05, 0) is 47.8 Å². The molecule has 0 aliphatic heterocycles. The molecule has 6 nitrogen and oxygen atoms in total. The molecule has 4 N–H and O–H groups in total. The Morgan fingerprint density at radius 2 is 1.79 bits per heavy atom. The zero-order chi connectivity index (χ0) is 20.3. The molecule has 1 aromatic carbocycles. The third-order valence-electron chi connectivity index (χ3n) is 6.44.